The van der Waals surface area contributed by atoms with Crippen molar-refractivity contribution < 1.29 is 36.1 Å². The average molecular weight is 426 g/mol. The SMILES string of the molecule is COC(=O)c1cc(C(=O)NCc2ccc(F)c(F)c2)nc2c(S(=O)(=O)O)cnn12. The van der Waals surface area contributed by atoms with E-state index in [-0.39, 0.29) is 17.8 Å². The maximum atomic E-state index is 13.3. The third-order valence-corrected chi connectivity index (χ3v) is 4.63. The highest BCUT2D eigenvalue weighted by molar-refractivity contribution is 7.86. The zero-order valence-electron chi connectivity index (χ0n) is 14.6. The first-order chi connectivity index (χ1) is 13.6. The lowest BCUT2D eigenvalue weighted by Crippen LogP contribution is -2.25. The van der Waals surface area contributed by atoms with E-state index in [0.717, 1.165) is 36.0 Å². The van der Waals surface area contributed by atoms with Crippen LogP contribution < -0.4 is 5.32 Å². The number of nitrogens with zero attached hydrogens (tertiary/aromatic N) is 3. The summed E-state index contributed by atoms with van der Waals surface area (Å²) < 4.78 is 63.9. The molecule has 0 bridgehead atoms. The van der Waals surface area contributed by atoms with Crippen molar-refractivity contribution >= 4 is 27.6 Å². The standard InChI is InChI=1S/C16H12F2N4O6S/c1-28-16(24)12-5-11(21-14-13(29(25,26)27)7-20-22(12)14)15(23)19-6-8-2-3-9(17)10(18)4-8/h2-5,7H,6H2,1H3,(H,19,23)(H,25,26,27). The van der Waals surface area contributed by atoms with Crippen LogP contribution in [0.5, 0.6) is 0 Å². The topological polar surface area (TPSA) is 140 Å². The van der Waals surface area contributed by atoms with E-state index < -0.39 is 49.9 Å². The molecular weight excluding hydrogens is 414 g/mol. The number of aromatic nitrogens is 3. The Morgan fingerprint density at radius 1 is 1.24 bits per heavy atom. The van der Waals surface area contributed by atoms with E-state index in [2.05, 4.69) is 20.1 Å². The first kappa shape index (κ1) is 20.3. The van der Waals surface area contributed by atoms with Crippen molar-refractivity contribution in [2.45, 2.75) is 11.4 Å². The number of rotatable bonds is 5. The fourth-order valence-corrected chi connectivity index (χ4v) is 2.96. The number of nitrogens with one attached hydrogen (secondary N) is 1. The minimum atomic E-state index is -4.75. The van der Waals surface area contributed by atoms with Gasteiger partial charge in [-0.05, 0) is 17.7 Å². The van der Waals surface area contributed by atoms with Crippen LogP contribution in [-0.4, -0.2) is 46.6 Å². The maximum Gasteiger partial charge on any atom is 0.356 e. The van der Waals surface area contributed by atoms with Gasteiger partial charge in [-0.15, -0.1) is 0 Å². The summed E-state index contributed by atoms with van der Waals surface area (Å²) >= 11 is 0. The normalized spacial score (nSPS) is 11.4. The molecule has 10 nitrogen and oxygen atoms in total. The predicted octanol–water partition coefficient (Wildman–Crippen LogP) is 0.971. The molecule has 0 saturated heterocycles. The number of carbonyl (C=O) groups is 2. The number of methoxy groups -OCH3 is 1. The molecule has 152 valence electrons. The van der Waals surface area contributed by atoms with Gasteiger partial charge >= 0.3 is 5.97 Å². The maximum absolute atomic E-state index is 13.3. The highest BCUT2D eigenvalue weighted by Crippen LogP contribution is 2.18. The van der Waals surface area contributed by atoms with Crippen LogP contribution in [0.3, 0.4) is 0 Å². The Balaban J connectivity index is 2.00. The zero-order valence-corrected chi connectivity index (χ0v) is 15.4. The van der Waals surface area contributed by atoms with Gasteiger partial charge in [-0.1, -0.05) is 6.07 Å². The fraction of sp³-hybridized carbons (Fsp3) is 0.125. The zero-order chi connectivity index (χ0) is 21.3. The second kappa shape index (κ2) is 7.52. The lowest BCUT2D eigenvalue weighted by atomic mass is 10.2. The summed E-state index contributed by atoms with van der Waals surface area (Å²) in [5.41, 5.74) is -0.959. The summed E-state index contributed by atoms with van der Waals surface area (Å²) in [7, 11) is -3.69. The molecule has 2 aromatic heterocycles. The largest absolute Gasteiger partial charge is 0.464 e. The smallest absolute Gasteiger partial charge is 0.356 e. The van der Waals surface area contributed by atoms with E-state index in [0.29, 0.717) is 0 Å². The van der Waals surface area contributed by atoms with Crippen LogP contribution in [0.25, 0.3) is 5.65 Å². The highest BCUT2D eigenvalue weighted by atomic mass is 32.2. The molecule has 3 aromatic rings. The second-order valence-corrected chi connectivity index (χ2v) is 7.06. The molecule has 0 fully saturated rings. The van der Waals surface area contributed by atoms with Crippen molar-refractivity contribution in [3.63, 3.8) is 0 Å². The first-order valence-electron chi connectivity index (χ1n) is 7.78. The van der Waals surface area contributed by atoms with Gasteiger partial charge in [-0.2, -0.15) is 13.5 Å². The quantitative estimate of drug-likeness (QED) is 0.454. The van der Waals surface area contributed by atoms with E-state index in [1.165, 1.54) is 6.07 Å². The molecule has 1 aromatic carbocycles. The van der Waals surface area contributed by atoms with Gasteiger partial charge in [0.2, 0.25) is 0 Å². The third-order valence-electron chi connectivity index (χ3n) is 3.78. The minimum Gasteiger partial charge on any atom is -0.464 e. The van der Waals surface area contributed by atoms with E-state index in [9.17, 15) is 31.3 Å². The van der Waals surface area contributed by atoms with E-state index in [1.54, 1.807) is 0 Å². The van der Waals surface area contributed by atoms with Gasteiger partial charge in [0.1, 0.15) is 5.69 Å². The minimum absolute atomic E-state index is 0.207. The molecular formula is C16H12F2N4O6S. The molecule has 0 spiro atoms. The van der Waals surface area contributed by atoms with E-state index >= 15 is 0 Å². The van der Waals surface area contributed by atoms with Crippen molar-refractivity contribution in [2.24, 2.45) is 0 Å². The molecule has 1 amide bonds. The Morgan fingerprint density at radius 2 is 1.97 bits per heavy atom. The first-order valence-corrected chi connectivity index (χ1v) is 9.22. The van der Waals surface area contributed by atoms with E-state index in [1.807, 2.05) is 0 Å². The van der Waals surface area contributed by atoms with Gasteiger partial charge in [0.05, 0.1) is 13.3 Å². The number of carbonyl (C=O) groups excluding carboxylic acids is 2. The van der Waals surface area contributed by atoms with Gasteiger partial charge in [-0.25, -0.2) is 23.1 Å². The van der Waals surface area contributed by atoms with Gasteiger partial charge in [-0.3, -0.25) is 9.35 Å². The number of benzene rings is 1. The summed E-state index contributed by atoms with van der Waals surface area (Å²) in [4.78, 5) is 27.5. The van der Waals surface area contributed by atoms with Crippen LogP contribution in [-0.2, 0) is 21.4 Å². The molecule has 2 heterocycles. The number of hydrogen-bond donors (Lipinski definition) is 2. The summed E-state index contributed by atoms with van der Waals surface area (Å²) in [5.74, 6) is -3.95. The summed E-state index contributed by atoms with van der Waals surface area (Å²) in [6, 6.07) is 4.03. The molecule has 0 aliphatic heterocycles. The number of halogens is 2. The Morgan fingerprint density at radius 3 is 2.59 bits per heavy atom. The van der Waals surface area contributed by atoms with Crippen LogP contribution >= 0.6 is 0 Å². The van der Waals surface area contributed by atoms with Gasteiger partial charge in [0.15, 0.2) is 27.9 Å². The van der Waals surface area contributed by atoms with Crippen LogP contribution in [0, 0.1) is 11.6 Å². The molecule has 0 aliphatic rings. The molecule has 13 heteroatoms. The van der Waals surface area contributed by atoms with Crippen LogP contribution in [0.15, 0.2) is 35.4 Å². The van der Waals surface area contributed by atoms with Crippen LogP contribution in [0.4, 0.5) is 8.78 Å². The van der Waals surface area contributed by atoms with E-state index in [4.69, 9.17) is 0 Å². The van der Waals surface area contributed by atoms with Crippen molar-refractivity contribution in [1.29, 1.82) is 0 Å². The second-order valence-electron chi connectivity index (χ2n) is 5.67. The highest BCUT2D eigenvalue weighted by Gasteiger charge is 2.24. The number of esters is 1. The fourth-order valence-electron chi connectivity index (χ4n) is 2.41. The summed E-state index contributed by atoms with van der Waals surface area (Å²) in [6.45, 7) is -0.207. The van der Waals surface area contributed by atoms with Gasteiger partial charge in [0, 0.05) is 12.6 Å². The average Bonchev–Trinajstić information content (AvgIpc) is 3.11. The monoisotopic (exact) mass is 426 g/mol. The number of amides is 1. The Hall–Kier alpha value is -3.45. The molecule has 29 heavy (non-hydrogen) atoms. The third kappa shape index (κ3) is 4.05. The number of fused-ring (bicyclic) bond motifs is 1. The van der Waals surface area contributed by atoms with Gasteiger partial charge < -0.3 is 10.1 Å². The Bertz CT molecular complexity index is 1240. The molecule has 0 atom stereocenters. The molecule has 3 rings (SSSR count). The van der Waals surface area contributed by atoms with Crippen molar-refractivity contribution in [3.8, 4) is 0 Å². The number of hydrogen-bond acceptors (Lipinski definition) is 7. The van der Waals surface area contributed by atoms with Gasteiger partial charge in [0.25, 0.3) is 16.0 Å². The number of ether oxygens (including phenoxy) is 1. The van der Waals surface area contributed by atoms with Crippen LogP contribution in [0.1, 0.15) is 26.5 Å². The van der Waals surface area contributed by atoms with Crippen molar-refractivity contribution in [1.82, 2.24) is 19.9 Å². The Labute approximate surface area is 161 Å². The summed E-state index contributed by atoms with van der Waals surface area (Å²) in [5, 5.41) is 6.05. The lowest BCUT2D eigenvalue weighted by molar-refractivity contribution is 0.0590. The molecule has 0 saturated carbocycles. The lowest BCUT2D eigenvalue weighted by Gasteiger charge is -2.08. The van der Waals surface area contributed by atoms with Crippen molar-refractivity contribution in [3.05, 3.63) is 59.0 Å². The molecule has 0 unspecified atom stereocenters. The predicted molar refractivity (Wildman–Crippen MR) is 91.7 cm³/mol. The molecule has 2 N–H and O–H groups in total. The Kier molecular flexibility index (Phi) is 5.26. The summed E-state index contributed by atoms with van der Waals surface area (Å²) in [6.07, 6.45) is 0.757. The molecule has 0 aliphatic carbocycles. The van der Waals surface area contributed by atoms with Crippen LogP contribution in [0.2, 0.25) is 0 Å². The van der Waals surface area contributed by atoms with Crippen molar-refractivity contribution in [2.75, 3.05) is 7.11 Å². The molecule has 0 radical (unpaired) electrons.